The van der Waals surface area contributed by atoms with Crippen LogP contribution in [-0.2, 0) is 13.0 Å². The van der Waals surface area contributed by atoms with Crippen LogP contribution in [0.1, 0.15) is 18.4 Å². The molecule has 0 radical (unpaired) electrons. The van der Waals surface area contributed by atoms with Crippen LogP contribution in [0.2, 0.25) is 0 Å². The van der Waals surface area contributed by atoms with Crippen molar-refractivity contribution in [3.05, 3.63) is 99.0 Å². The predicted molar refractivity (Wildman–Crippen MR) is 128 cm³/mol. The van der Waals surface area contributed by atoms with E-state index < -0.39 is 5.69 Å². The average Bonchev–Trinajstić information content (AvgIpc) is 3.56. The summed E-state index contributed by atoms with van der Waals surface area (Å²) in [6, 6.07) is 19.8. The maximum atomic E-state index is 13.6. The minimum absolute atomic E-state index is 0.00419. The molecule has 0 atom stereocenters. The number of aromatic nitrogens is 4. The second kappa shape index (κ2) is 8.28. The summed E-state index contributed by atoms with van der Waals surface area (Å²) >= 11 is 0. The van der Waals surface area contributed by atoms with Gasteiger partial charge in [-0.1, -0.05) is 36.3 Å². The van der Waals surface area contributed by atoms with Gasteiger partial charge in [-0.3, -0.25) is 9.36 Å². The first-order valence-corrected chi connectivity index (χ1v) is 11.2. The molecule has 9 nitrogen and oxygen atoms in total. The molecule has 3 aromatic carbocycles. The molecular weight excluding hydrogens is 448 g/mol. The van der Waals surface area contributed by atoms with Gasteiger partial charge in [0.15, 0.2) is 11.5 Å². The monoisotopic (exact) mass is 468 g/mol. The highest BCUT2D eigenvalue weighted by Gasteiger charge is 2.19. The van der Waals surface area contributed by atoms with Crippen LogP contribution >= 0.6 is 0 Å². The Morgan fingerprint density at radius 2 is 1.74 bits per heavy atom. The van der Waals surface area contributed by atoms with Gasteiger partial charge in [-0.05, 0) is 54.4 Å². The first-order valence-electron chi connectivity index (χ1n) is 11.2. The van der Waals surface area contributed by atoms with E-state index in [0.29, 0.717) is 39.5 Å². The highest BCUT2D eigenvalue weighted by Crippen LogP contribution is 2.35. The quantitative estimate of drug-likeness (QED) is 0.389. The second-order valence-electron chi connectivity index (χ2n) is 8.13. The summed E-state index contributed by atoms with van der Waals surface area (Å²) in [5, 5.41) is 4.49. The van der Waals surface area contributed by atoms with Crippen LogP contribution in [-0.4, -0.2) is 26.1 Å². The number of rotatable bonds is 5. The van der Waals surface area contributed by atoms with Crippen molar-refractivity contribution in [1.82, 2.24) is 19.3 Å². The molecule has 0 bridgehead atoms. The Bertz CT molecular complexity index is 1680. The number of nitrogens with zero attached hydrogens (tertiary/aromatic N) is 4. The van der Waals surface area contributed by atoms with Crippen LogP contribution < -0.4 is 20.7 Å². The lowest BCUT2D eigenvalue weighted by Gasteiger charge is -2.13. The molecule has 1 aliphatic heterocycles. The number of fused-ring (bicyclic) bond motifs is 2. The summed E-state index contributed by atoms with van der Waals surface area (Å²) in [6.45, 7) is 2.22. The standard InChI is InChI=1S/C26H20N4O5/c1-2-16-7-10-18(11-8-16)30-25(31)19-5-3-4-6-20(19)29(26(30)32)14-23-27-24(28-35-23)17-9-12-21-22(13-17)34-15-33-21/h3-13H,2,14-15H2,1H3. The highest BCUT2D eigenvalue weighted by molar-refractivity contribution is 5.78. The Morgan fingerprint density at radius 1 is 0.943 bits per heavy atom. The van der Waals surface area contributed by atoms with Gasteiger partial charge in [0.1, 0.15) is 6.54 Å². The molecule has 35 heavy (non-hydrogen) atoms. The van der Waals surface area contributed by atoms with Crippen molar-refractivity contribution in [3.8, 4) is 28.6 Å². The third kappa shape index (κ3) is 3.57. The fourth-order valence-electron chi connectivity index (χ4n) is 4.19. The van der Waals surface area contributed by atoms with Gasteiger partial charge in [0, 0.05) is 5.56 Å². The zero-order chi connectivity index (χ0) is 23.9. The summed E-state index contributed by atoms with van der Waals surface area (Å²) in [7, 11) is 0. The van der Waals surface area contributed by atoms with Crippen molar-refractivity contribution in [2.45, 2.75) is 19.9 Å². The molecule has 5 aromatic rings. The lowest BCUT2D eigenvalue weighted by atomic mass is 10.1. The smallest absolute Gasteiger partial charge is 0.336 e. The molecule has 3 heterocycles. The van der Waals surface area contributed by atoms with Crippen LogP contribution in [0, 0.1) is 0 Å². The first-order chi connectivity index (χ1) is 17.1. The summed E-state index contributed by atoms with van der Waals surface area (Å²) < 4.78 is 18.9. The van der Waals surface area contributed by atoms with Gasteiger partial charge in [0.2, 0.25) is 18.5 Å². The summed E-state index contributed by atoms with van der Waals surface area (Å²) in [5.41, 5.74) is 1.95. The third-order valence-electron chi connectivity index (χ3n) is 6.05. The normalized spacial score (nSPS) is 12.4. The van der Waals surface area contributed by atoms with E-state index in [2.05, 4.69) is 10.1 Å². The molecule has 6 rings (SSSR count). The summed E-state index contributed by atoms with van der Waals surface area (Å²) in [6.07, 6.45) is 0.861. The molecule has 2 aromatic heterocycles. The molecule has 0 unspecified atom stereocenters. The predicted octanol–water partition coefficient (Wildman–Crippen LogP) is 3.54. The molecule has 0 saturated heterocycles. The molecule has 0 amide bonds. The number of hydrogen-bond donors (Lipinski definition) is 0. The molecular formula is C26H20N4O5. The highest BCUT2D eigenvalue weighted by atomic mass is 16.7. The Balaban J connectivity index is 1.44. The fourth-order valence-corrected chi connectivity index (χ4v) is 4.19. The third-order valence-corrected chi connectivity index (χ3v) is 6.05. The molecule has 0 fully saturated rings. The Labute approximate surface area is 198 Å². The summed E-state index contributed by atoms with van der Waals surface area (Å²) in [5.74, 6) is 1.86. The van der Waals surface area contributed by atoms with Crippen LogP contribution in [0.25, 0.3) is 28.0 Å². The van der Waals surface area contributed by atoms with Gasteiger partial charge in [-0.25, -0.2) is 9.36 Å². The van der Waals surface area contributed by atoms with Crippen LogP contribution in [0.15, 0.2) is 80.8 Å². The fraction of sp³-hybridized carbons (Fsp3) is 0.154. The largest absolute Gasteiger partial charge is 0.454 e. The van der Waals surface area contributed by atoms with E-state index in [0.717, 1.165) is 12.0 Å². The minimum atomic E-state index is -0.485. The van der Waals surface area contributed by atoms with Crippen molar-refractivity contribution < 1.29 is 14.0 Å². The van der Waals surface area contributed by atoms with Gasteiger partial charge in [0.05, 0.1) is 16.6 Å². The number of ether oxygens (including phenoxy) is 2. The van der Waals surface area contributed by atoms with Crippen molar-refractivity contribution in [1.29, 1.82) is 0 Å². The van der Waals surface area contributed by atoms with Gasteiger partial charge >= 0.3 is 5.69 Å². The number of aryl methyl sites for hydroxylation is 1. The lowest BCUT2D eigenvalue weighted by molar-refractivity contribution is 0.174. The summed E-state index contributed by atoms with van der Waals surface area (Å²) in [4.78, 5) is 31.3. The zero-order valence-electron chi connectivity index (χ0n) is 18.8. The maximum Gasteiger partial charge on any atom is 0.336 e. The van der Waals surface area contributed by atoms with Gasteiger partial charge < -0.3 is 14.0 Å². The number of para-hydroxylation sites is 1. The van der Waals surface area contributed by atoms with Crippen molar-refractivity contribution in [2.75, 3.05) is 6.79 Å². The zero-order valence-corrected chi connectivity index (χ0v) is 18.8. The molecule has 174 valence electrons. The first kappa shape index (κ1) is 20.9. The van der Waals surface area contributed by atoms with E-state index in [1.165, 1.54) is 9.13 Å². The van der Waals surface area contributed by atoms with Gasteiger partial charge in [-0.2, -0.15) is 4.98 Å². The van der Waals surface area contributed by atoms with Gasteiger partial charge in [0.25, 0.3) is 5.56 Å². The topological polar surface area (TPSA) is 101 Å². The van der Waals surface area contributed by atoms with Crippen molar-refractivity contribution in [3.63, 3.8) is 0 Å². The maximum absolute atomic E-state index is 13.6. The van der Waals surface area contributed by atoms with E-state index in [1.807, 2.05) is 25.1 Å². The second-order valence-corrected chi connectivity index (χ2v) is 8.13. The Morgan fingerprint density at radius 3 is 2.57 bits per heavy atom. The van der Waals surface area contributed by atoms with E-state index in [4.69, 9.17) is 14.0 Å². The van der Waals surface area contributed by atoms with Crippen LogP contribution in [0.4, 0.5) is 0 Å². The molecule has 1 aliphatic rings. The van der Waals surface area contributed by atoms with Crippen molar-refractivity contribution >= 4 is 10.9 Å². The van der Waals surface area contributed by atoms with E-state index in [9.17, 15) is 9.59 Å². The average molecular weight is 468 g/mol. The molecule has 0 spiro atoms. The molecule has 9 heteroatoms. The minimum Gasteiger partial charge on any atom is -0.454 e. The Kier molecular flexibility index (Phi) is 4.95. The lowest BCUT2D eigenvalue weighted by Crippen LogP contribution is -2.39. The molecule has 0 N–H and O–H groups in total. The molecule has 0 aliphatic carbocycles. The van der Waals surface area contributed by atoms with Crippen LogP contribution in [0.3, 0.4) is 0 Å². The molecule has 0 saturated carbocycles. The SMILES string of the molecule is CCc1ccc(-n2c(=O)c3ccccc3n(Cc3nc(-c4ccc5c(c4)OCO5)no3)c2=O)cc1. The number of benzene rings is 3. The number of hydrogen-bond acceptors (Lipinski definition) is 7. The Hall–Kier alpha value is -4.66. The van der Waals surface area contributed by atoms with Crippen molar-refractivity contribution in [2.24, 2.45) is 0 Å². The van der Waals surface area contributed by atoms with Gasteiger partial charge in [-0.15, -0.1) is 0 Å². The van der Waals surface area contributed by atoms with Crippen LogP contribution in [0.5, 0.6) is 11.5 Å². The van der Waals surface area contributed by atoms with E-state index in [1.54, 1.807) is 48.5 Å². The van der Waals surface area contributed by atoms with E-state index >= 15 is 0 Å². The van der Waals surface area contributed by atoms with E-state index in [-0.39, 0.29) is 24.8 Å².